The second-order valence-corrected chi connectivity index (χ2v) is 5.97. The first-order valence-corrected chi connectivity index (χ1v) is 7.37. The van der Waals surface area contributed by atoms with Gasteiger partial charge in [-0.05, 0) is 24.6 Å². The van der Waals surface area contributed by atoms with Gasteiger partial charge in [-0.25, -0.2) is 9.78 Å². The molecule has 0 saturated carbocycles. The van der Waals surface area contributed by atoms with Gasteiger partial charge in [0.15, 0.2) is 0 Å². The van der Waals surface area contributed by atoms with E-state index in [1.807, 2.05) is 6.07 Å². The first kappa shape index (κ1) is 14.1. The molecule has 1 atom stereocenters. The average Bonchev–Trinajstić information content (AvgIpc) is 3.06. The van der Waals surface area contributed by atoms with Gasteiger partial charge in [0.25, 0.3) is 0 Å². The van der Waals surface area contributed by atoms with Gasteiger partial charge < -0.3 is 14.4 Å². The molecule has 5 nitrogen and oxygen atoms in total. The minimum Gasteiger partial charge on any atom is -0.478 e. The Labute approximate surface area is 123 Å². The smallest absolute Gasteiger partial charge is 0.335 e. The van der Waals surface area contributed by atoms with Gasteiger partial charge in [0.2, 0.25) is 0 Å². The number of rotatable bonds is 4. The van der Waals surface area contributed by atoms with Crippen molar-refractivity contribution in [3.8, 4) is 0 Å². The number of benzene rings is 1. The summed E-state index contributed by atoms with van der Waals surface area (Å²) in [5.74, 6) is 0.910. The van der Waals surface area contributed by atoms with Crippen LogP contribution in [0.5, 0.6) is 0 Å². The maximum absolute atomic E-state index is 11.1. The fourth-order valence-electron chi connectivity index (χ4n) is 2.90. The predicted octanol–water partition coefficient (Wildman–Crippen LogP) is 2.89. The first-order chi connectivity index (χ1) is 10.1. The molecule has 1 saturated heterocycles. The highest BCUT2D eigenvalue weighted by Gasteiger charge is 2.21. The SMILES string of the molecule is CC(C)c1nc2cc(C(=O)O)ccc2n1CC1CCOC1. The van der Waals surface area contributed by atoms with Crippen molar-refractivity contribution in [2.24, 2.45) is 5.92 Å². The second kappa shape index (κ2) is 5.48. The topological polar surface area (TPSA) is 64.3 Å². The summed E-state index contributed by atoms with van der Waals surface area (Å²) < 4.78 is 7.68. The predicted molar refractivity (Wildman–Crippen MR) is 79.7 cm³/mol. The van der Waals surface area contributed by atoms with Crippen LogP contribution in [0.4, 0.5) is 0 Å². The summed E-state index contributed by atoms with van der Waals surface area (Å²) in [5, 5.41) is 9.11. The zero-order valence-corrected chi connectivity index (χ0v) is 12.4. The number of aromatic nitrogens is 2. The second-order valence-electron chi connectivity index (χ2n) is 5.97. The van der Waals surface area contributed by atoms with Crippen molar-refractivity contribution in [1.82, 2.24) is 9.55 Å². The van der Waals surface area contributed by atoms with Crippen LogP contribution in [-0.2, 0) is 11.3 Å². The van der Waals surface area contributed by atoms with Crippen molar-refractivity contribution in [1.29, 1.82) is 0 Å². The minimum absolute atomic E-state index is 0.284. The molecule has 1 N–H and O–H groups in total. The lowest BCUT2D eigenvalue weighted by molar-refractivity contribution is 0.0697. The van der Waals surface area contributed by atoms with Gasteiger partial charge in [0, 0.05) is 25.0 Å². The van der Waals surface area contributed by atoms with Crippen LogP contribution in [0.3, 0.4) is 0 Å². The molecule has 112 valence electrons. The van der Waals surface area contributed by atoms with E-state index in [4.69, 9.17) is 9.84 Å². The van der Waals surface area contributed by atoms with Crippen molar-refractivity contribution in [3.05, 3.63) is 29.6 Å². The van der Waals surface area contributed by atoms with Crippen LogP contribution >= 0.6 is 0 Å². The van der Waals surface area contributed by atoms with Crippen LogP contribution in [-0.4, -0.2) is 33.8 Å². The summed E-state index contributed by atoms with van der Waals surface area (Å²) >= 11 is 0. The normalized spacial score (nSPS) is 18.7. The molecule has 2 aromatic rings. The Morgan fingerprint density at radius 1 is 1.52 bits per heavy atom. The fourth-order valence-corrected chi connectivity index (χ4v) is 2.90. The Kier molecular flexibility index (Phi) is 3.68. The monoisotopic (exact) mass is 288 g/mol. The van der Waals surface area contributed by atoms with E-state index in [0.717, 1.165) is 43.0 Å². The summed E-state index contributed by atoms with van der Waals surface area (Å²) in [4.78, 5) is 15.8. The molecule has 1 aromatic heterocycles. The maximum Gasteiger partial charge on any atom is 0.335 e. The van der Waals surface area contributed by atoms with E-state index in [1.165, 1.54) is 0 Å². The van der Waals surface area contributed by atoms with E-state index in [-0.39, 0.29) is 5.56 Å². The third-order valence-corrected chi connectivity index (χ3v) is 4.01. The molecule has 1 aliphatic heterocycles. The molecule has 1 aromatic carbocycles. The number of fused-ring (bicyclic) bond motifs is 1. The largest absolute Gasteiger partial charge is 0.478 e. The zero-order valence-electron chi connectivity index (χ0n) is 12.4. The Hall–Kier alpha value is -1.88. The average molecular weight is 288 g/mol. The zero-order chi connectivity index (χ0) is 15.0. The third kappa shape index (κ3) is 2.65. The molecule has 1 unspecified atom stereocenters. The van der Waals surface area contributed by atoms with Crippen LogP contribution in [0.2, 0.25) is 0 Å². The molecule has 1 fully saturated rings. The van der Waals surface area contributed by atoms with Gasteiger partial charge in [0.1, 0.15) is 5.82 Å². The maximum atomic E-state index is 11.1. The lowest BCUT2D eigenvalue weighted by Crippen LogP contribution is -2.14. The third-order valence-electron chi connectivity index (χ3n) is 4.01. The first-order valence-electron chi connectivity index (χ1n) is 7.37. The Bertz CT molecular complexity index is 669. The van der Waals surface area contributed by atoms with E-state index >= 15 is 0 Å². The lowest BCUT2D eigenvalue weighted by atomic mass is 10.1. The van der Waals surface area contributed by atoms with Gasteiger partial charge in [-0.15, -0.1) is 0 Å². The number of carboxylic acid groups (broad SMARTS) is 1. The number of aromatic carboxylic acids is 1. The van der Waals surface area contributed by atoms with Crippen LogP contribution in [0.25, 0.3) is 11.0 Å². The van der Waals surface area contributed by atoms with Crippen LogP contribution in [0.1, 0.15) is 42.4 Å². The van der Waals surface area contributed by atoms with Crippen LogP contribution < -0.4 is 0 Å². The molecule has 0 bridgehead atoms. The molecule has 21 heavy (non-hydrogen) atoms. The van der Waals surface area contributed by atoms with E-state index in [2.05, 4.69) is 23.4 Å². The lowest BCUT2D eigenvalue weighted by Gasteiger charge is -2.15. The summed E-state index contributed by atoms with van der Waals surface area (Å²) in [7, 11) is 0. The molecule has 0 amide bonds. The Balaban J connectivity index is 2.06. The quantitative estimate of drug-likeness (QED) is 0.939. The van der Waals surface area contributed by atoms with E-state index in [1.54, 1.807) is 12.1 Å². The van der Waals surface area contributed by atoms with Crippen molar-refractivity contribution in [2.75, 3.05) is 13.2 Å². The molecule has 1 aliphatic rings. The molecular formula is C16H20N2O3. The van der Waals surface area contributed by atoms with Crippen molar-refractivity contribution in [3.63, 3.8) is 0 Å². The highest BCUT2D eigenvalue weighted by Crippen LogP contribution is 2.26. The molecule has 0 radical (unpaired) electrons. The molecule has 0 spiro atoms. The van der Waals surface area contributed by atoms with Gasteiger partial charge in [-0.2, -0.15) is 0 Å². The fraction of sp³-hybridized carbons (Fsp3) is 0.500. The van der Waals surface area contributed by atoms with Crippen LogP contribution in [0, 0.1) is 5.92 Å². The number of hydrogen-bond acceptors (Lipinski definition) is 3. The highest BCUT2D eigenvalue weighted by molar-refractivity contribution is 5.92. The molecule has 3 rings (SSSR count). The van der Waals surface area contributed by atoms with E-state index in [9.17, 15) is 4.79 Å². The summed E-state index contributed by atoms with van der Waals surface area (Å²) in [6, 6.07) is 5.18. The Morgan fingerprint density at radius 3 is 2.95 bits per heavy atom. The number of ether oxygens (including phenoxy) is 1. The Morgan fingerprint density at radius 2 is 2.33 bits per heavy atom. The number of nitrogens with zero attached hydrogens (tertiary/aromatic N) is 2. The summed E-state index contributed by atoms with van der Waals surface area (Å²) in [5.41, 5.74) is 2.06. The number of hydrogen-bond donors (Lipinski definition) is 1. The minimum atomic E-state index is -0.915. The molecule has 2 heterocycles. The highest BCUT2D eigenvalue weighted by atomic mass is 16.5. The summed E-state index contributed by atoms with van der Waals surface area (Å²) in [6.45, 7) is 6.74. The van der Waals surface area contributed by atoms with Gasteiger partial charge in [-0.1, -0.05) is 13.8 Å². The molecule has 5 heteroatoms. The molecule has 0 aliphatic carbocycles. The molecular weight excluding hydrogens is 268 g/mol. The van der Waals surface area contributed by atoms with Crippen molar-refractivity contribution >= 4 is 17.0 Å². The van der Waals surface area contributed by atoms with Crippen molar-refractivity contribution < 1.29 is 14.6 Å². The van der Waals surface area contributed by atoms with Crippen LogP contribution in [0.15, 0.2) is 18.2 Å². The van der Waals surface area contributed by atoms with E-state index < -0.39 is 5.97 Å². The van der Waals surface area contributed by atoms with Crippen molar-refractivity contribution in [2.45, 2.75) is 32.7 Å². The van der Waals surface area contributed by atoms with Gasteiger partial charge in [-0.3, -0.25) is 0 Å². The number of carbonyl (C=O) groups is 1. The standard InChI is InChI=1S/C16H20N2O3/c1-10(2)15-17-13-7-12(16(19)20)3-4-14(13)18(15)8-11-5-6-21-9-11/h3-4,7,10-11H,5-6,8-9H2,1-2H3,(H,19,20). The number of carboxylic acids is 1. The summed E-state index contributed by atoms with van der Waals surface area (Å²) in [6.07, 6.45) is 1.07. The number of imidazole rings is 1. The van der Waals surface area contributed by atoms with Gasteiger partial charge in [0.05, 0.1) is 23.2 Å². The van der Waals surface area contributed by atoms with Gasteiger partial charge >= 0.3 is 5.97 Å². The van der Waals surface area contributed by atoms with E-state index in [0.29, 0.717) is 11.8 Å².